The Hall–Kier alpha value is -1.45. The highest BCUT2D eigenvalue weighted by molar-refractivity contribution is 6.30. The molecule has 0 aliphatic heterocycles. The van der Waals surface area contributed by atoms with Gasteiger partial charge in [-0.2, -0.15) is 0 Å². The van der Waals surface area contributed by atoms with Gasteiger partial charge in [0, 0.05) is 0 Å². The second-order valence-corrected chi connectivity index (χ2v) is 5.58. The molecule has 0 heterocycles. The van der Waals surface area contributed by atoms with E-state index in [9.17, 15) is 8.78 Å². The minimum absolute atomic E-state index is 0.126. The van der Waals surface area contributed by atoms with Crippen LogP contribution in [0.5, 0.6) is 0 Å². The summed E-state index contributed by atoms with van der Waals surface area (Å²) in [6.07, 6.45) is 1.34. The molecule has 4 heteroatoms. The van der Waals surface area contributed by atoms with Crippen molar-refractivity contribution in [2.75, 3.05) is 13.6 Å². The van der Waals surface area contributed by atoms with E-state index in [0.29, 0.717) is 12.0 Å². The van der Waals surface area contributed by atoms with Crippen LogP contribution in [-0.4, -0.2) is 13.6 Å². The van der Waals surface area contributed by atoms with Gasteiger partial charge in [0.1, 0.15) is 11.6 Å². The van der Waals surface area contributed by atoms with Crippen molar-refractivity contribution in [1.82, 2.24) is 5.32 Å². The highest BCUT2D eigenvalue weighted by atomic mass is 35.5. The third-order valence-electron chi connectivity index (χ3n) is 3.47. The molecule has 0 aromatic heterocycles. The Morgan fingerprint density at radius 1 is 1.05 bits per heavy atom. The van der Waals surface area contributed by atoms with Crippen LogP contribution < -0.4 is 5.32 Å². The van der Waals surface area contributed by atoms with E-state index in [2.05, 4.69) is 5.32 Å². The van der Waals surface area contributed by atoms with Crippen molar-refractivity contribution in [2.45, 2.75) is 12.8 Å². The van der Waals surface area contributed by atoms with Crippen molar-refractivity contribution >= 4 is 11.6 Å². The molecule has 0 aliphatic rings. The molecule has 2 aromatic carbocycles. The lowest BCUT2D eigenvalue weighted by Crippen LogP contribution is -2.23. The highest BCUT2D eigenvalue weighted by Gasteiger charge is 2.13. The van der Waals surface area contributed by atoms with Crippen LogP contribution >= 0.6 is 11.6 Å². The minimum Gasteiger partial charge on any atom is -0.319 e. The maximum atomic E-state index is 13.8. The fourth-order valence-electron chi connectivity index (χ4n) is 2.48. The molecule has 0 fully saturated rings. The predicted molar refractivity (Wildman–Crippen MR) is 82.6 cm³/mol. The first-order valence-electron chi connectivity index (χ1n) is 6.92. The number of benzene rings is 2. The maximum absolute atomic E-state index is 13.8. The van der Waals surface area contributed by atoms with Gasteiger partial charge in [-0.1, -0.05) is 35.9 Å². The van der Waals surface area contributed by atoms with Crippen LogP contribution in [0.1, 0.15) is 11.1 Å². The molecule has 0 bridgehead atoms. The Balaban J connectivity index is 2.11. The number of rotatable bonds is 6. The lowest BCUT2D eigenvalue weighted by Gasteiger charge is -2.17. The summed E-state index contributed by atoms with van der Waals surface area (Å²) in [6, 6.07) is 11.5. The molecule has 0 aliphatic carbocycles. The SMILES string of the molecule is CNCC(Cc1ccc(F)c(Cl)c1)Cc1ccccc1F. The maximum Gasteiger partial charge on any atom is 0.141 e. The fraction of sp³-hybridized carbons (Fsp3) is 0.294. The van der Waals surface area contributed by atoms with Crippen LogP contribution in [0.25, 0.3) is 0 Å². The summed E-state index contributed by atoms with van der Waals surface area (Å²) in [6.45, 7) is 0.753. The topological polar surface area (TPSA) is 12.0 Å². The van der Waals surface area contributed by atoms with Crippen LogP contribution in [0, 0.1) is 17.6 Å². The zero-order valence-electron chi connectivity index (χ0n) is 11.9. The molecule has 2 rings (SSSR count). The van der Waals surface area contributed by atoms with Gasteiger partial charge < -0.3 is 5.32 Å². The van der Waals surface area contributed by atoms with Gasteiger partial charge in [0.2, 0.25) is 0 Å². The average Bonchev–Trinajstić information content (AvgIpc) is 2.46. The Labute approximate surface area is 128 Å². The monoisotopic (exact) mass is 309 g/mol. The van der Waals surface area contributed by atoms with Crippen molar-refractivity contribution in [3.05, 3.63) is 70.2 Å². The van der Waals surface area contributed by atoms with Crippen LogP contribution in [0.15, 0.2) is 42.5 Å². The molecule has 1 N–H and O–H groups in total. The van der Waals surface area contributed by atoms with Gasteiger partial charge in [-0.3, -0.25) is 0 Å². The number of hydrogen-bond acceptors (Lipinski definition) is 1. The average molecular weight is 310 g/mol. The summed E-state index contributed by atoms with van der Waals surface area (Å²) < 4.78 is 26.9. The molecule has 0 amide bonds. The zero-order valence-corrected chi connectivity index (χ0v) is 12.6. The lowest BCUT2D eigenvalue weighted by molar-refractivity contribution is 0.479. The van der Waals surface area contributed by atoms with E-state index in [1.807, 2.05) is 13.1 Å². The van der Waals surface area contributed by atoms with E-state index in [1.165, 1.54) is 12.1 Å². The van der Waals surface area contributed by atoms with E-state index < -0.39 is 5.82 Å². The first kappa shape index (κ1) is 15.9. The molecule has 1 nitrogen and oxygen atoms in total. The van der Waals surface area contributed by atoms with E-state index in [0.717, 1.165) is 18.5 Å². The molecule has 112 valence electrons. The molecule has 21 heavy (non-hydrogen) atoms. The zero-order chi connectivity index (χ0) is 15.2. The first-order chi connectivity index (χ1) is 10.1. The summed E-state index contributed by atoms with van der Waals surface area (Å²) in [5.74, 6) is -0.385. The number of halogens is 3. The Morgan fingerprint density at radius 2 is 1.81 bits per heavy atom. The lowest BCUT2D eigenvalue weighted by atomic mass is 9.92. The van der Waals surface area contributed by atoms with Crippen LogP contribution in [0.2, 0.25) is 5.02 Å². The summed E-state index contributed by atoms with van der Waals surface area (Å²) in [4.78, 5) is 0. The fourth-order valence-corrected chi connectivity index (χ4v) is 2.68. The van der Waals surface area contributed by atoms with Gasteiger partial charge in [0.25, 0.3) is 0 Å². The van der Waals surface area contributed by atoms with Gasteiger partial charge in [-0.15, -0.1) is 0 Å². The molecular weight excluding hydrogens is 292 g/mol. The molecule has 2 aromatic rings. The highest BCUT2D eigenvalue weighted by Crippen LogP contribution is 2.21. The van der Waals surface area contributed by atoms with Crippen molar-refractivity contribution in [3.63, 3.8) is 0 Å². The number of nitrogens with one attached hydrogen (secondary N) is 1. The normalized spacial score (nSPS) is 12.4. The van der Waals surface area contributed by atoms with Crippen LogP contribution in [0.4, 0.5) is 8.78 Å². The number of hydrogen-bond donors (Lipinski definition) is 1. The molecule has 1 unspecified atom stereocenters. The van der Waals surface area contributed by atoms with Crippen molar-refractivity contribution in [3.8, 4) is 0 Å². The molecular formula is C17H18ClF2N. The minimum atomic E-state index is -0.417. The summed E-state index contributed by atoms with van der Waals surface area (Å²) >= 11 is 5.81. The van der Waals surface area contributed by atoms with E-state index >= 15 is 0 Å². The van der Waals surface area contributed by atoms with Gasteiger partial charge in [0.05, 0.1) is 5.02 Å². The third kappa shape index (κ3) is 4.51. The van der Waals surface area contributed by atoms with Crippen molar-refractivity contribution in [2.24, 2.45) is 5.92 Å². The summed E-state index contributed by atoms with van der Waals surface area (Å²) in [5, 5.41) is 3.25. The van der Waals surface area contributed by atoms with Crippen molar-refractivity contribution in [1.29, 1.82) is 0 Å². The molecule has 0 saturated carbocycles. The van der Waals surface area contributed by atoms with Gasteiger partial charge >= 0.3 is 0 Å². The second kappa shape index (κ2) is 7.53. The summed E-state index contributed by atoms with van der Waals surface area (Å²) in [5.41, 5.74) is 1.66. The third-order valence-corrected chi connectivity index (χ3v) is 3.76. The van der Waals surface area contributed by atoms with Gasteiger partial charge in [-0.05, 0) is 61.7 Å². The first-order valence-corrected chi connectivity index (χ1v) is 7.30. The molecule has 1 atom stereocenters. The van der Waals surface area contributed by atoms with E-state index in [-0.39, 0.29) is 16.8 Å². The van der Waals surface area contributed by atoms with Crippen molar-refractivity contribution < 1.29 is 8.78 Å². The van der Waals surface area contributed by atoms with Gasteiger partial charge in [0.15, 0.2) is 0 Å². The van der Waals surface area contributed by atoms with Crippen LogP contribution in [-0.2, 0) is 12.8 Å². The van der Waals surface area contributed by atoms with E-state index in [4.69, 9.17) is 11.6 Å². The van der Waals surface area contributed by atoms with E-state index in [1.54, 1.807) is 24.3 Å². The second-order valence-electron chi connectivity index (χ2n) is 5.17. The smallest absolute Gasteiger partial charge is 0.141 e. The summed E-state index contributed by atoms with van der Waals surface area (Å²) in [7, 11) is 1.87. The molecule has 0 spiro atoms. The Kier molecular flexibility index (Phi) is 5.71. The predicted octanol–water partition coefficient (Wildman–Crippen LogP) is 4.24. The quantitative estimate of drug-likeness (QED) is 0.841. The Morgan fingerprint density at radius 3 is 2.48 bits per heavy atom. The van der Waals surface area contributed by atoms with Crippen LogP contribution in [0.3, 0.4) is 0 Å². The molecule has 0 radical (unpaired) electrons. The molecule has 0 saturated heterocycles. The standard InChI is InChI=1S/C17H18ClF2N/c1-21-11-13(9-14-4-2-3-5-16(14)19)8-12-6-7-17(20)15(18)10-12/h2-7,10,13,21H,8-9,11H2,1H3. The Bertz CT molecular complexity index is 601. The largest absolute Gasteiger partial charge is 0.319 e. The van der Waals surface area contributed by atoms with Gasteiger partial charge in [-0.25, -0.2) is 8.78 Å².